The molecule has 3 aliphatic carbocycles. The number of hydrogen-bond donors (Lipinski definition) is 0. The summed E-state index contributed by atoms with van der Waals surface area (Å²) < 4.78 is 0. The van der Waals surface area contributed by atoms with Gasteiger partial charge in [-0.05, 0) is 49.5 Å². The molecule has 0 bridgehead atoms. The number of rotatable bonds is 1. The predicted molar refractivity (Wildman–Crippen MR) is 65.0 cm³/mol. The molecule has 16 heavy (non-hydrogen) atoms. The molecule has 0 radical (unpaired) electrons. The number of allylic oxidation sites excluding steroid dienone is 4. The van der Waals surface area contributed by atoms with Crippen molar-refractivity contribution < 1.29 is 4.79 Å². The Morgan fingerprint density at radius 1 is 1.31 bits per heavy atom. The Bertz CT molecular complexity index is 425. The predicted octanol–water partition coefficient (Wildman–Crippen LogP) is 3.66. The number of hydrogen-bond acceptors (Lipinski definition) is 1. The van der Waals surface area contributed by atoms with Gasteiger partial charge in [0.1, 0.15) is 6.29 Å². The van der Waals surface area contributed by atoms with Crippen LogP contribution in [0.4, 0.5) is 0 Å². The summed E-state index contributed by atoms with van der Waals surface area (Å²) >= 11 is 0. The van der Waals surface area contributed by atoms with Crippen LogP contribution < -0.4 is 0 Å². The number of carbonyl (C=O) groups excluding carboxylic acids is 1. The van der Waals surface area contributed by atoms with Crippen LogP contribution in [0.15, 0.2) is 22.8 Å². The minimum atomic E-state index is 0.268. The lowest BCUT2D eigenvalue weighted by Crippen LogP contribution is -2.19. The van der Waals surface area contributed by atoms with Gasteiger partial charge in [0.25, 0.3) is 0 Å². The molecule has 3 aliphatic rings. The Balaban J connectivity index is 2.17. The van der Waals surface area contributed by atoms with E-state index in [1.54, 1.807) is 11.1 Å². The lowest BCUT2D eigenvalue weighted by Gasteiger charge is -2.31. The summed E-state index contributed by atoms with van der Waals surface area (Å²) in [5.74, 6) is 0.786. The van der Waals surface area contributed by atoms with Crippen molar-refractivity contribution in [3.8, 4) is 0 Å². The maximum absolute atomic E-state index is 11.0. The van der Waals surface area contributed by atoms with Crippen molar-refractivity contribution in [1.82, 2.24) is 0 Å². The zero-order valence-corrected chi connectivity index (χ0v) is 10.5. The molecule has 0 aromatic heterocycles. The Morgan fingerprint density at radius 2 is 2.06 bits per heavy atom. The van der Waals surface area contributed by atoms with E-state index in [0.29, 0.717) is 5.41 Å². The fourth-order valence-corrected chi connectivity index (χ4v) is 4.48. The van der Waals surface area contributed by atoms with E-state index in [1.165, 1.54) is 12.8 Å². The molecule has 3 rings (SSSR count). The second kappa shape index (κ2) is 2.88. The van der Waals surface area contributed by atoms with Gasteiger partial charge in [-0.1, -0.05) is 31.1 Å². The molecular formula is C15H20O. The van der Waals surface area contributed by atoms with Gasteiger partial charge in [0, 0.05) is 5.41 Å². The third-order valence-electron chi connectivity index (χ3n) is 5.45. The molecule has 0 amide bonds. The summed E-state index contributed by atoms with van der Waals surface area (Å²) in [5.41, 5.74) is 4.95. The van der Waals surface area contributed by atoms with Crippen molar-refractivity contribution in [2.24, 2.45) is 16.7 Å². The van der Waals surface area contributed by atoms with Crippen LogP contribution in [0.25, 0.3) is 0 Å². The Hall–Kier alpha value is -0.850. The number of carbonyl (C=O) groups is 1. The van der Waals surface area contributed by atoms with Crippen LogP contribution in [0.2, 0.25) is 0 Å². The van der Waals surface area contributed by atoms with Crippen molar-refractivity contribution in [3.05, 3.63) is 22.8 Å². The summed E-state index contributed by atoms with van der Waals surface area (Å²) in [4.78, 5) is 11.0. The molecule has 0 aromatic rings. The van der Waals surface area contributed by atoms with Gasteiger partial charge in [-0.2, -0.15) is 0 Å². The first-order valence-electron chi connectivity index (χ1n) is 6.40. The highest BCUT2D eigenvalue weighted by Gasteiger charge is 2.72. The molecule has 0 aromatic carbocycles. The molecular weight excluding hydrogens is 196 g/mol. The van der Waals surface area contributed by atoms with Crippen LogP contribution in [0.3, 0.4) is 0 Å². The standard InChI is InChI=1S/C15H20O/c1-10-4-7-13-14(2,3)15(13)8-11(9-16)5-6-12(10)15/h8-9,13H,4-7H2,1-3H3/t13-,15-/m0/s1. The zero-order valence-electron chi connectivity index (χ0n) is 10.5. The minimum absolute atomic E-state index is 0.268. The van der Waals surface area contributed by atoms with Gasteiger partial charge < -0.3 is 0 Å². The molecule has 0 heterocycles. The molecule has 1 heteroatoms. The van der Waals surface area contributed by atoms with Crippen LogP contribution in [0.1, 0.15) is 46.5 Å². The van der Waals surface area contributed by atoms with E-state index >= 15 is 0 Å². The second-order valence-corrected chi connectivity index (χ2v) is 6.28. The van der Waals surface area contributed by atoms with Crippen molar-refractivity contribution in [2.45, 2.75) is 46.5 Å². The summed E-state index contributed by atoms with van der Waals surface area (Å²) in [5, 5.41) is 0. The lowest BCUT2D eigenvalue weighted by molar-refractivity contribution is -0.105. The van der Waals surface area contributed by atoms with Crippen molar-refractivity contribution in [2.75, 3.05) is 0 Å². The Labute approximate surface area is 97.6 Å². The van der Waals surface area contributed by atoms with Crippen LogP contribution in [-0.4, -0.2) is 6.29 Å². The van der Waals surface area contributed by atoms with E-state index in [-0.39, 0.29) is 5.41 Å². The molecule has 0 N–H and O–H groups in total. The smallest absolute Gasteiger partial charge is 0.145 e. The van der Waals surface area contributed by atoms with Crippen molar-refractivity contribution >= 4 is 6.29 Å². The van der Waals surface area contributed by atoms with Gasteiger partial charge in [0.05, 0.1) is 0 Å². The lowest BCUT2D eigenvalue weighted by atomic mass is 9.73. The summed E-state index contributed by atoms with van der Waals surface area (Å²) in [6, 6.07) is 0. The van der Waals surface area contributed by atoms with E-state index in [0.717, 1.165) is 30.6 Å². The first-order chi connectivity index (χ1) is 7.54. The molecule has 0 unspecified atom stereocenters. The maximum Gasteiger partial charge on any atom is 0.145 e. The van der Waals surface area contributed by atoms with Gasteiger partial charge in [0.15, 0.2) is 0 Å². The van der Waals surface area contributed by atoms with Crippen molar-refractivity contribution in [1.29, 1.82) is 0 Å². The molecule has 2 atom stereocenters. The largest absolute Gasteiger partial charge is 0.298 e. The highest BCUT2D eigenvalue weighted by Crippen LogP contribution is 2.78. The van der Waals surface area contributed by atoms with Gasteiger partial charge in [-0.3, -0.25) is 4.79 Å². The van der Waals surface area contributed by atoms with Crippen LogP contribution >= 0.6 is 0 Å². The van der Waals surface area contributed by atoms with Crippen molar-refractivity contribution in [3.63, 3.8) is 0 Å². The third kappa shape index (κ3) is 0.952. The third-order valence-corrected chi connectivity index (χ3v) is 5.45. The quantitative estimate of drug-likeness (QED) is 0.483. The molecule has 86 valence electrons. The maximum atomic E-state index is 11.0. The topological polar surface area (TPSA) is 17.1 Å². The molecule has 1 spiro atoms. The zero-order chi connectivity index (χ0) is 11.6. The fraction of sp³-hybridized carbons (Fsp3) is 0.667. The normalized spacial score (nSPS) is 39.7. The molecule has 1 fully saturated rings. The van der Waals surface area contributed by atoms with Gasteiger partial charge >= 0.3 is 0 Å². The van der Waals surface area contributed by atoms with E-state index in [1.807, 2.05) is 0 Å². The average Bonchev–Trinajstić information content (AvgIpc) is 2.73. The van der Waals surface area contributed by atoms with Gasteiger partial charge in [-0.15, -0.1) is 0 Å². The van der Waals surface area contributed by atoms with Crippen LogP contribution in [-0.2, 0) is 4.79 Å². The van der Waals surface area contributed by atoms with E-state index in [4.69, 9.17) is 0 Å². The van der Waals surface area contributed by atoms with E-state index in [9.17, 15) is 4.79 Å². The van der Waals surface area contributed by atoms with Crippen LogP contribution in [0, 0.1) is 16.7 Å². The molecule has 0 saturated heterocycles. The van der Waals surface area contributed by atoms with E-state index in [2.05, 4.69) is 26.8 Å². The summed E-state index contributed by atoms with van der Waals surface area (Å²) in [7, 11) is 0. The summed E-state index contributed by atoms with van der Waals surface area (Å²) in [6.07, 6.45) is 8.05. The molecule has 1 saturated carbocycles. The van der Waals surface area contributed by atoms with Crippen LogP contribution in [0.5, 0.6) is 0 Å². The average molecular weight is 216 g/mol. The van der Waals surface area contributed by atoms with Gasteiger partial charge in [-0.25, -0.2) is 0 Å². The molecule has 0 aliphatic heterocycles. The fourth-order valence-electron chi connectivity index (χ4n) is 4.48. The highest BCUT2D eigenvalue weighted by atomic mass is 16.1. The first-order valence-corrected chi connectivity index (χ1v) is 6.40. The van der Waals surface area contributed by atoms with E-state index < -0.39 is 0 Å². The summed E-state index contributed by atoms with van der Waals surface area (Å²) in [6.45, 7) is 7.04. The highest BCUT2D eigenvalue weighted by molar-refractivity contribution is 5.75. The Morgan fingerprint density at radius 3 is 2.75 bits per heavy atom. The second-order valence-electron chi connectivity index (χ2n) is 6.28. The van der Waals surface area contributed by atoms with Gasteiger partial charge in [0.2, 0.25) is 0 Å². The Kier molecular flexibility index (Phi) is 1.86. The SMILES string of the molecule is CC1=C2CCC(C=O)=C[C@@]23[C@@H](CC1)C3(C)C. The molecule has 1 nitrogen and oxygen atoms in total. The number of aldehydes is 1. The minimum Gasteiger partial charge on any atom is -0.298 e. The first kappa shape index (κ1) is 10.3. The monoisotopic (exact) mass is 216 g/mol.